The fraction of sp³-hybridized carbons (Fsp3) is 0.0541. The highest BCUT2D eigenvalue weighted by Gasteiger charge is 2.16. The third-order valence-corrected chi connectivity index (χ3v) is 8.04. The Morgan fingerprint density at radius 2 is 1.41 bits per heavy atom. The van der Waals surface area contributed by atoms with Crippen LogP contribution in [-0.4, -0.2) is 30.6 Å². The molecule has 5 rings (SSSR count). The minimum atomic E-state index is -0.493. The van der Waals surface area contributed by atoms with E-state index < -0.39 is 11.8 Å². The van der Waals surface area contributed by atoms with E-state index in [0.29, 0.717) is 27.7 Å². The van der Waals surface area contributed by atoms with E-state index in [4.69, 9.17) is 16.3 Å². The van der Waals surface area contributed by atoms with Crippen LogP contribution in [0.4, 0.5) is 11.4 Å². The van der Waals surface area contributed by atoms with Gasteiger partial charge in [0.05, 0.1) is 17.9 Å². The maximum Gasteiger partial charge on any atom is 0.272 e. The van der Waals surface area contributed by atoms with E-state index in [1.54, 1.807) is 66.7 Å². The Kier molecular flexibility index (Phi) is 10.9. The van der Waals surface area contributed by atoms with Crippen LogP contribution >= 0.6 is 23.4 Å². The second-order valence-corrected chi connectivity index (χ2v) is 11.5. The van der Waals surface area contributed by atoms with Crippen LogP contribution < -0.4 is 20.7 Å². The molecule has 3 amide bonds. The van der Waals surface area contributed by atoms with Crippen molar-refractivity contribution in [2.75, 3.05) is 23.5 Å². The second-order valence-electron chi connectivity index (χ2n) is 10.0. The van der Waals surface area contributed by atoms with E-state index in [-0.39, 0.29) is 17.4 Å². The molecule has 0 saturated carbocycles. The largest absolute Gasteiger partial charge is 0.495 e. The molecule has 5 aromatic rings. The van der Waals surface area contributed by atoms with Gasteiger partial charge in [0, 0.05) is 21.8 Å². The molecule has 0 bridgehead atoms. The summed E-state index contributed by atoms with van der Waals surface area (Å²) >= 11 is 7.47. The van der Waals surface area contributed by atoms with Crippen LogP contribution in [0.3, 0.4) is 0 Å². The zero-order valence-electron chi connectivity index (χ0n) is 24.8. The van der Waals surface area contributed by atoms with Crippen LogP contribution in [0.2, 0.25) is 5.02 Å². The standard InChI is InChI=1S/C37H30ClN3O4S/c1-45-34-20-19-30(23-32(34)38)39-35(42)24-46-31-14-8-13-29(22-31)40-37(44)33(41-36(43)28-11-6-3-7-12-28)21-25-15-17-27(18-16-25)26-9-4-2-5-10-26/h2-23H,24H2,1H3,(H,39,42)(H,40,44)(H,41,43)/b33-21+. The van der Waals surface area contributed by atoms with Gasteiger partial charge in [-0.3, -0.25) is 14.4 Å². The minimum Gasteiger partial charge on any atom is -0.495 e. The lowest BCUT2D eigenvalue weighted by molar-refractivity contribution is -0.114. The van der Waals surface area contributed by atoms with Crippen LogP contribution in [-0.2, 0) is 9.59 Å². The normalized spacial score (nSPS) is 11.0. The van der Waals surface area contributed by atoms with Gasteiger partial charge in [-0.15, -0.1) is 11.8 Å². The number of benzene rings is 5. The molecule has 0 aliphatic heterocycles. The Morgan fingerprint density at radius 1 is 0.739 bits per heavy atom. The summed E-state index contributed by atoms with van der Waals surface area (Å²) in [4.78, 5) is 39.9. The Hall–Kier alpha value is -5.31. The average Bonchev–Trinajstić information content (AvgIpc) is 3.08. The number of carbonyl (C=O) groups is 3. The number of hydrogen-bond donors (Lipinski definition) is 3. The number of hydrogen-bond acceptors (Lipinski definition) is 5. The average molecular weight is 648 g/mol. The fourth-order valence-electron chi connectivity index (χ4n) is 4.46. The maximum absolute atomic E-state index is 13.5. The summed E-state index contributed by atoms with van der Waals surface area (Å²) in [6.07, 6.45) is 1.64. The number of nitrogens with one attached hydrogen (secondary N) is 3. The molecule has 230 valence electrons. The van der Waals surface area contributed by atoms with Crippen molar-refractivity contribution >= 4 is 58.5 Å². The first-order chi connectivity index (χ1) is 22.4. The monoisotopic (exact) mass is 647 g/mol. The van der Waals surface area contributed by atoms with Crippen molar-refractivity contribution in [3.8, 4) is 16.9 Å². The lowest BCUT2D eigenvalue weighted by Crippen LogP contribution is -2.30. The molecule has 0 aromatic heterocycles. The molecule has 3 N–H and O–H groups in total. The van der Waals surface area contributed by atoms with Crippen LogP contribution in [0.1, 0.15) is 15.9 Å². The van der Waals surface area contributed by atoms with Gasteiger partial charge in [0.1, 0.15) is 11.4 Å². The SMILES string of the molecule is COc1ccc(NC(=O)CSc2cccc(NC(=O)/C(=C\c3ccc(-c4ccccc4)cc3)NC(=O)c3ccccc3)c2)cc1Cl. The summed E-state index contributed by atoms with van der Waals surface area (Å²) in [7, 11) is 1.52. The van der Waals surface area contributed by atoms with E-state index in [2.05, 4.69) is 16.0 Å². The van der Waals surface area contributed by atoms with Crippen LogP contribution in [0.5, 0.6) is 5.75 Å². The quantitative estimate of drug-likeness (QED) is 0.0993. The van der Waals surface area contributed by atoms with Crippen LogP contribution in [0, 0.1) is 0 Å². The van der Waals surface area contributed by atoms with Gasteiger partial charge < -0.3 is 20.7 Å². The van der Waals surface area contributed by atoms with Crippen molar-refractivity contribution in [3.05, 3.63) is 149 Å². The minimum absolute atomic E-state index is 0.0805. The molecule has 0 radical (unpaired) electrons. The lowest BCUT2D eigenvalue weighted by Gasteiger charge is -2.12. The van der Waals surface area contributed by atoms with Crippen molar-refractivity contribution in [1.82, 2.24) is 5.32 Å². The number of rotatable bonds is 11. The van der Waals surface area contributed by atoms with E-state index in [1.807, 2.05) is 66.7 Å². The highest BCUT2D eigenvalue weighted by atomic mass is 35.5. The lowest BCUT2D eigenvalue weighted by atomic mass is 10.0. The summed E-state index contributed by atoms with van der Waals surface area (Å²) < 4.78 is 5.15. The van der Waals surface area contributed by atoms with Gasteiger partial charge in [-0.05, 0) is 71.3 Å². The number of halogens is 1. The van der Waals surface area contributed by atoms with Gasteiger partial charge in [-0.25, -0.2) is 0 Å². The van der Waals surface area contributed by atoms with E-state index in [9.17, 15) is 14.4 Å². The number of carbonyl (C=O) groups excluding carboxylic acids is 3. The smallest absolute Gasteiger partial charge is 0.272 e. The molecule has 0 aliphatic carbocycles. The number of ether oxygens (including phenoxy) is 1. The van der Waals surface area contributed by atoms with Gasteiger partial charge in [0.15, 0.2) is 0 Å². The molecule has 7 nitrogen and oxygen atoms in total. The molecule has 0 atom stereocenters. The molecule has 0 spiro atoms. The summed E-state index contributed by atoms with van der Waals surface area (Å²) in [6.45, 7) is 0. The molecule has 0 saturated heterocycles. The van der Waals surface area contributed by atoms with Crippen LogP contribution in [0.15, 0.2) is 138 Å². The molecule has 5 aromatic carbocycles. The molecule has 0 heterocycles. The third-order valence-electron chi connectivity index (χ3n) is 6.75. The molecule has 0 unspecified atom stereocenters. The van der Waals surface area contributed by atoms with Gasteiger partial charge in [0.25, 0.3) is 11.8 Å². The highest BCUT2D eigenvalue weighted by molar-refractivity contribution is 8.00. The van der Waals surface area contributed by atoms with Crippen molar-refractivity contribution in [2.45, 2.75) is 4.90 Å². The summed E-state index contributed by atoms with van der Waals surface area (Å²) in [5.74, 6) is -0.457. The van der Waals surface area contributed by atoms with Gasteiger partial charge in [-0.1, -0.05) is 90.5 Å². The Bertz CT molecular complexity index is 1860. The predicted octanol–water partition coefficient (Wildman–Crippen LogP) is 8.16. The number of methoxy groups -OCH3 is 1. The number of thioether (sulfide) groups is 1. The first kappa shape index (κ1) is 32.1. The summed E-state index contributed by atoms with van der Waals surface area (Å²) in [6, 6.07) is 38.6. The molecule has 0 fully saturated rings. The highest BCUT2D eigenvalue weighted by Crippen LogP contribution is 2.28. The summed E-state index contributed by atoms with van der Waals surface area (Å²) in [5.41, 5.74) is 4.43. The van der Waals surface area contributed by atoms with Crippen molar-refractivity contribution < 1.29 is 19.1 Å². The van der Waals surface area contributed by atoms with Crippen molar-refractivity contribution in [1.29, 1.82) is 0 Å². The first-order valence-electron chi connectivity index (χ1n) is 14.3. The second kappa shape index (κ2) is 15.6. The van der Waals surface area contributed by atoms with E-state index in [1.165, 1.54) is 18.9 Å². The Morgan fingerprint density at radius 3 is 2.11 bits per heavy atom. The summed E-state index contributed by atoms with van der Waals surface area (Å²) in [5, 5.41) is 8.86. The first-order valence-corrected chi connectivity index (χ1v) is 15.7. The van der Waals surface area contributed by atoms with Crippen molar-refractivity contribution in [2.24, 2.45) is 0 Å². The third kappa shape index (κ3) is 8.88. The van der Waals surface area contributed by atoms with Gasteiger partial charge >= 0.3 is 0 Å². The van der Waals surface area contributed by atoms with E-state index >= 15 is 0 Å². The Labute approximate surface area is 276 Å². The fourth-order valence-corrected chi connectivity index (χ4v) is 5.48. The molecule has 0 aliphatic rings. The maximum atomic E-state index is 13.5. The topological polar surface area (TPSA) is 96.5 Å². The number of amides is 3. The molecule has 9 heteroatoms. The van der Waals surface area contributed by atoms with Gasteiger partial charge in [0.2, 0.25) is 5.91 Å². The molecular formula is C37H30ClN3O4S. The zero-order valence-corrected chi connectivity index (χ0v) is 26.4. The zero-order chi connectivity index (χ0) is 32.3. The molecular weight excluding hydrogens is 618 g/mol. The van der Waals surface area contributed by atoms with E-state index in [0.717, 1.165) is 21.6 Å². The Balaban J connectivity index is 1.28. The number of anilines is 2. The van der Waals surface area contributed by atoms with Crippen molar-refractivity contribution in [3.63, 3.8) is 0 Å². The van der Waals surface area contributed by atoms with Gasteiger partial charge in [-0.2, -0.15) is 0 Å². The molecule has 46 heavy (non-hydrogen) atoms. The van der Waals surface area contributed by atoms with Crippen LogP contribution in [0.25, 0.3) is 17.2 Å². The predicted molar refractivity (Wildman–Crippen MR) is 186 cm³/mol.